The maximum Gasteiger partial charge on any atom is 0.305 e. The third-order valence-electron chi connectivity index (χ3n) is 2.07. The first kappa shape index (κ1) is 13.1. The summed E-state index contributed by atoms with van der Waals surface area (Å²) in [5, 5.41) is 9.31. The molecule has 0 aromatic heterocycles. The van der Waals surface area contributed by atoms with Gasteiger partial charge in [-0.05, 0) is 6.07 Å². The molecule has 88 valence electrons. The molecule has 0 aliphatic heterocycles. The van der Waals surface area contributed by atoms with Crippen molar-refractivity contribution in [1.29, 1.82) is 0 Å². The Labute approximate surface area is 103 Å². The van der Waals surface area contributed by atoms with Crippen LogP contribution in [0, 0.1) is 0 Å². The van der Waals surface area contributed by atoms with Crippen LogP contribution in [0.25, 0.3) is 0 Å². The fraction of sp³-hybridized carbons (Fsp3) is 0.300. The highest BCUT2D eigenvalue weighted by Crippen LogP contribution is 2.34. The fourth-order valence-electron chi connectivity index (χ4n) is 1.31. The number of aliphatic carboxylic acids is 1. The number of halogens is 2. The molecular weight excluding hydrogens is 253 g/mol. The Kier molecular flexibility index (Phi) is 4.41. The molecule has 4 nitrogen and oxygen atoms in total. The van der Waals surface area contributed by atoms with Gasteiger partial charge in [-0.2, -0.15) is 0 Å². The van der Waals surface area contributed by atoms with Crippen molar-refractivity contribution in [3.8, 4) is 5.75 Å². The van der Waals surface area contributed by atoms with Gasteiger partial charge in [-0.25, -0.2) is 0 Å². The molecule has 0 aliphatic rings. The molecule has 0 amide bonds. The predicted octanol–water partition coefficient (Wildman–Crippen LogP) is 2.48. The van der Waals surface area contributed by atoms with Gasteiger partial charge < -0.3 is 15.6 Å². The van der Waals surface area contributed by atoms with Crippen LogP contribution in [-0.2, 0) is 4.79 Å². The van der Waals surface area contributed by atoms with E-state index in [4.69, 9.17) is 38.8 Å². The van der Waals surface area contributed by atoms with Gasteiger partial charge in [-0.3, -0.25) is 4.79 Å². The molecule has 1 aromatic rings. The molecule has 1 atom stereocenters. The van der Waals surface area contributed by atoms with Crippen molar-refractivity contribution < 1.29 is 14.6 Å². The van der Waals surface area contributed by atoms with Crippen LogP contribution >= 0.6 is 23.2 Å². The maximum atomic E-state index is 10.6. The highest BCUT2D eigenvalue weighted by Gasteiger charge is 2.17. The summed E-state index contributed by atoms with van der Waals surface area (Å²) in [6.45, 7) is 0. The van der Waals surface area contributed by atoms with Crippen LogP contribution < -0.4 is 10.5 Å². The third-order valence-corrected chi connectivity index (χ3v) is 2.79. The third kappa shape index (κ3) is 3.01. The monoisotopic (exact) mass is 263 g/mol. The summed E-state index contributed by atoms with van der Waals surface area (Å²) < 4.78 is 5.07. The van der Waals surface area contributed by atoms with E-state index in [0.717, 1.165) is 0 Å². The van der Waals surface area contributed by atoms with Crippen LogP contribution in [0.2, 0.25) is 10.0 Å². The number of carboxylic acids is 1. The maximum absolute atomic E-state index is 10.6. The number of hydrogen-bond donors (Lipinski definition) is 2. The molecule has 6 heteroatoms. The largest absolute Gasteiger partial charge is 0.496 e. The Morgan fingerprint density at radius 3 is 2.56 bits per heavy atom. The van der Waals surface area contributed by atoms with Crippen molar-refractivity contribution in [2.24, 2.45) is 5.73 Å². The summed E-state index contributed by atoms with van der Waals surface area (Å²) >= 11 is 11.6. The van der Waals surface area contributed by atoms with E-state index in [0.29, 0.717) is 21.4 Å². The first-order valence-corrected chi connectivity index (χ1v) is 5.21. The molecule has 0 spiro atoms. The molecule has 3 N–H and O–H groups in total. The van der Waals surface area contributed by atoms with Crippen molar-refractivity contribution in [2.45, 2.75) is 12.5 Å². The van der Waals surface area contributed by atoms with Crippen LogP contribution in [0.4, 0.5) is 0 Å². The van der Waals surface area contributed by atoms with Gasteiger partial charge >= 0.3 is 5.97 Å². The molecule has 1 aromatic carbocycles. The lowest BCUT2D eigenvalue weighted by Crippen LogP contribution is -2.16. The smallest absolute Gasteiger partial charge is 0.305 e. The Balaban J connectivity index is 3.10. The number of rotatable bonds is 4. The molecule has 0 bridgehead atoms. The molecule has 0 aliphatic carbocycles. The minimum Gasteiger partial charge on any atom is -0.496 e. The van der Waals surface area contributed by atoms with E-state index in [-0.39, 0.29) is 6.42 Å². The summed E-state index contributed by atoms with van der Waals surface area (Å²) in [6.07, 6.45) is -0.200. The van der Waals surface area contributed by atoms with E-state index in [1.54, 1.807) is 0 Å². The van der Waals surface area contributed by atoms with Gasteiger partial charge in [0.1, 0.15) is 5.75 Å². The number of carboxylic acid groups (broad SMARTS) is 1. The standard InChI is InChI=1S/C10H11Cl2NO3/c1-16-9-3-7(12)6(11)2-5(9)8(13)4-10(14)15/h2-3,8H,4,13H2,1H3,(H,14,15)/t8-/m0/s1. The topological polar surface area (TPSA) is 72.5 Å². The lowest BCUT2D eigenvalue weighted by molar-refractivity contribution is -0.137. The van der Waals surface area contributed by atoms with E-state index >= 15 is 0 Å². The van der Waals surface area contributed by atoms with Crippen LogP contribution in [-0.4, -0.2) is 18.2 Å². The number of carbonyl (C=O) groups is 1. The van der Waals surface area contributed by atoms with Crippen molar-refractivity contribution in [3.05, 3.63) is 27.7 Å². The molecule has 0 saturated carbocycles. The number of ether oxygens (including phenoxy) is 1. The van der Waals surface area contributed by atoms with Crippen LogP contribution in [0.5, 0.6) is 5.75 Å². The predicted molar refractivity (Wildman–Crippen MR) is 62.2 cm³/mol. The van der Waals surface area contributed by atoms with Crippen molar-refractivity contribution in [1.82, 2.24) is 0 Å². The lowest BCUT2D eigenvalue weighted by Gasteiger charge is -2.15. The lowest BCUT2D eigenvalue weighted by atomic mass is 10.0. The van der Waals surface area contributed by atoms with Gasteiger partial charge in [0.05, 0.1) is 23.6 Å². The summed E-state index contributed by atoms with van der Waals surface area (Å²) in [5.41, 5.74) is 6.26. The summed E-state index contributed by atoms with van der Waals surface area (Å²) in [5.74, 6) is -0.552. The van der Waals surface area contributed by atoms with Gasteiger partial charge in [0.2, 0.25) is 0 Å². The zero-order valence-corrected chi connectivity index (χ0v) is 10.0. The quantitative estimate of drug-likeness (QED) is 0.876. The first-order chi connectivity index (χ1) is 7.45. The molecule has 1 rings (SSSR count). The first-order valence-electron chi connectivity index (χ1n) is 4.46. The summed E-state index contributed by atoms with van der Waals surface area (Å²) in [7, 11) is 1.45. The van der Waals surface area contributed by atoms with Gasteiger partial charge in [0, 0.05) is 17.7 Å². The van der Waals surface area contributed by atoms with Crippen molar-refractivity contribution in [2.75, 3.05) is 7.11 Å². The fourth-order valence-corrected chi connectivity index (χ4v) is 1.63. The van der Waals surface area contributed by atoms with Crippen LogP contribution in [0.1, 0.15) is 18.0 Å². The highest BCUT2D eigenvalue weighted by molar-refractivity contribution is 6.42. The van der Waals surface area contributed by atoms with E-state index < -0.39 is 12.0 Å². The van der Waals surface area contributed by atoms with Crippen molar-refractivity contribution in [3.63, 3.8) is 0 Å². The van der Waals surface area contributed by atoms with E-state index in [1.165, 1.54) is 19.2 Å². The molecule has 0 fully saturated rings. The van der Waals surface area contributed by atoms with E-state index in [1.807, 2.05) is 0 Å². The molecule has 0 heterocycles. The molecule has 0 radical (unpaired) electrons. The van der Waals surface area contributed by atoms with E-state index in [2.05, 4.69) is 0 Å². The second-order valence-electron chi connectivity index (χ2n) is 3.21. The Bertz CT molecular complexity index is 409. The second kappa shape index (κ2) is 5.39. The average Bonchev–Trinajstić information content (AvgIpc) is 2.20. The van der Waals surface area contributed by atoms with Gasteiger partial charge in [-0.1, -0.05) is 23.2 Å². The normalized spacial score (nSPS) is 12.2. The number of methoxy groups -OCH3 is 1. The number of hydrogen-bond acceptors (Lipinski definition) is 3. The van der Waals surface area contributed by atoms with Gasteiger partial charge in [-0.15, -0.1) is 0 Å². The SMILES string of the molecule is COc1cc(Cl)c(Cl)cc1[C@@H](N)CC(=O)O. The molecule has 16 heavy (non-hydrogen) atoms. The van der Waals surface area contributed by atoms with Crippen LogP contribution in [0.3, 0.4) is 0 Å². The number of nitrogens with two attached hydrogens (primary N) is 1. The van der Waals surface area contributed by atoms with Crippen LogP contribution in [0.15, 0.2) is 12.1 Å². The number of benzene rings is 1. The zero-order valence-electron chi connectivity index (χ0n) is 8.54. The minimum absolute atomic E-state index is 0.200. The summed E-state index contributed by atoms with van der Waals surface area (Å²) in [6, 6.07) is 2.36. The molecular formula is C10H11Cl2NO3. The Morgan fingerprint density at radius 1 is 1.50 bits per heavy atom. The Morgan fingerprint density at radius 2 is 2.06 bits per heavy atom. The van der Waals surface area contributed by atoms with Gasteiger partial charge in [0.15, 0.2) is 0 Å². The van der Waals surface area contributed by atoms with Gasteiger partial charge in [0.25, 0.3) is 0 Å². The summed E-state index contributed by atoms with van der Waals surface area (Å²) in [4.78, 5) is 10.6. The minimum atomic E-state index is -0.986. The van der Waals surface area contributed by atoms with E-state index in [9.17, 15) is 4.79 Å². The average molecular weight is 264 g/mol. The zero-order chi connectivity index (χ0) is 12.3. The Hall–Kier alpha value is -0.970. The highest BCUT2D eigenvalue weighted by atomic mass is 35.5. The second-order valence-corrected chi connectivity index (χ2v) is 4.03. The van der Waals surface area contributed by atoms with Crippen molar-refractivity contribution >= 4 is 29.2 Å². The molecule has 0 unspecified atom stereocenters. The molecule has 0 saturated heterocycles.